The lowest BCUT2D eigenvalue weighted by Gasteiger charge is -2.37. The van der Waals surface area contributed by atoms with Gasteiger partial charge in [-0.05, 0) is 84.2 Å². The van der Waals surface area contributed by atoms with E-state index in [0.717, 1.165) is 28.8 Å². The van der Waals surface area contributed by atoms with Crippen LogP contribution in [0.15, 0.2) is 109 Å². The largest absolute Gasteiger partial charge is 0.453 e. The monoisotopic (exact) mass is 871 g/mol. The molecule has 338 valence electrons. The molecule has 4 aromatic rings. The second-order valence-corrected chi connectivity index (χ2v) is 17.8. The number of anilines is 3. The Balaban J connectivity index is 0.971. The van der Waals surface area contributed by atoms with E-state index >= 15 is 0 Å². The van der Waals surface area contributed by atoms with Crippen molar-refractivity contribution in [3.63, 3.8) is 0 Å². The SMILES string of the molecule is COC(=O)NC(C(=O)N1CCCC1C(=O)Nc1ccc(CN(Cc2ccc(NC(=O)C3CCCN3C(=O)C(c3ccccc3)N3CCOCC3)cc2)c2ccccc2)cc1)C(C)(C)C. The van der Waals surface area contributed by atoms with Crippen molar-refractivity contribution in [3.05, 3.63) is 126 Å². The number of carbonyl (C=O) groups is 5. The fourth-order valence-electron chi connectivity index (χ4n) is 8.89. The van der Waals surface area contributed by atoms with Crippen LogP contribution < -0.4 is 20.9 Å². The zero-order valence-electron chi connectivity index (χ0n) is 37.3. The van der Waals surface area contributed by atoms with Crippen molar-refractivity contribution in [2.45, 2.75) is 83.7 Å². The third kappa shape index (κ3) is 11.3. The number of morpholine rings is 1. The molecule has 3 aliphatic heterocycles. The molecule has 7 rings (SSSR count). The molecule has 3 aliphatic rings. The van der Waals surface area contributed by atoms with Gasteiger partial charge in [0.1, 0.15) is 24.2 Å². The number of methoxy groups -OCH3 is 1. The lowest BCUT2D eigenvalue weighted by Crippen LogP contribution is -2.57. The third-order valence-electron chi connectivity index (χ3n) is 12.3. The first-order valence-electron chi connectivity index (χ1n) is 22.3. The molecule has 3 fully saturated rings. The van der Waals surface area contributed by atoms with Crippen LogP contribution in [0.2, 0.25) is 0 Å². The molecule has 3 heterocycles. The Morgan fingerprint density at radius 2 is 1.16 bits per heavy atom. The van der Waals surface area contributed by atoms with Gasteiger partial charge in [0.2, 0.25) is 23.6 Å². The van der Waals surface area contributed by atoms with E-state index in [1.807, 2.05) is 118 Å². The molecular formula is C50H61N7O7. The minimum Gasteiger partial charge on any atom is -0.453 e. The van der Waals surface area contributed by atoms with E-state index in [0.29, 0.717) is 83.1 Å². The average molecular weight is 872 g/mol. The first-order chi connectivity index (χ1) is 30.9. The Bertz CT molecular complexity index is 2210. The molecule has 5 amide bonds. The summed E-state index contributed by atoms with van der Waals surface area (Å²) in [5.41, 5.74) is 4.73. The molecule has 0 spiro atoms. The number of alkyl carbamates (subject to hydrolysis) is 1. The zero-order valence-corrected chi connectivity index (χ0v) is 37.3. The van der Waals surface area contributed by atoms with Crippen LogP contribution in [0.3, 0.4) is 0 Å². The van der Waals surface area contributed by atoms with Gasteiger partial charge >= 0.3 is 6.09 Å². The average Bonchev–Trinajstić information content (AvgIpc) is 4.02. The molecule has 0 aliphatic carbocycles. The van der Waals surface area contributed by atoms with Crippen LogP contribution in [-0.4, -0.2) is 109 Å². The quantitative estimate of drug-likeness (QED) is 0.127. The lowest BCUT2D eigenvalue weighted by atomic mass is 9.85. The molecule has 0 radical (unpaired) electrons. The zero-order chi connectivity index (χ0) is 45.2. The number of rotatable bonds is 14. The van der Waals surface area contributed by atoms with Crippen molar-refractivity contribution < 1.29 is 33.4 Å². The van der Waals surface area contributed by atoms with Crippen LogP contribution in [0.4, 0.5) is 21.9 Å². The first-order valence-corrected chi connectivity index (χ1v) is 22.3. The smallest absolute Gasteiger partial charge is 0.407 e. The second-order valence-electron chi connectivity index (χ2n) is 17.8. The summed E-state index contributed by atoms with van der Waals surface area (Å²) in [6, 6.07) is 32.9. The molecule has 4 aromatic carbocycles. The Morgan fingerprint density at radius 3 is 1.64 bits per heavy atom. The van der Waals surface area contributed by atoms with Gasteiger partial charge in [-0.15, -0.1) is 0 Å². The van der Waals surface area contributed by atoms with Crippen molar-refractivity contribution in [2.75, 3.05) is 62.0 Å². The van der Waals surface area contributed by atoms with Gasteiger partial charge in [-0.2, -0.15) is 0 Å². The standard InChI is InChI=1S/C50H61N7O7/c1-50(2,3)44(53-49(62)63-4)48(61)57-28-12-18-42(57)46(59)52-39-25-21-36(22-26-39)34-55(40-15-9-6-10-16-40)33-35-19-23-38(24-20-35)51-45(58)41-17-11-27-56(41)47(60)43(37-13-7-5-8-14-37)54-29-31-64-32-30-54/h5-10,13-16,19-26,41-44H,11-12,17-18,27-34H2,1-4H3,(H,51,58)(H,52,59)(H,53,62). The summed E-state index contributed by atoms with van der Waals surface area (Å²) >= 11 is 0. The highest BCUT2D eigenvalue weighted by Crippen LogP contribution is 2.31. The highest BCUT2D eigenvalue weighted by Gasteiger charge is 2.43. The summed E-state index contributed by atoms with van der Waals surface area (Å²) in [5.74, 6) is -0.821. The molecule has 0 saturated carbocycles. The molecule has 3 N–H and O–H groups in total. The number of carbonyl (C=O) groups excluding carboxylic acids is 5. The number of hydrogen-bond acceptors (Lipinski definition) is 9. The fourth-order valence-corrected chi connectivity index (χ4v) is 8.89. The number of nitrogens with one attached hydrogen (secondary N) is 3. The molecule has 3 saturated heterocycles. The number of ether oxygens (including phenoxy) is 2. The van der Waals surface area contributed by atoms with E-state index in [1.165, 1.54) is 7.11 Å². The maximum absolute atomic E-state index is 14.2. The summed E-state index contributed by atoms with van der Waals surface area (Å²) in [6.07, 6.45) is 1.87. The number of hydrogen-bond donors (Lipinski definition) is 3. The minimum absolute atomic E-state index is 0.0487. The highest BCUT2D eigenvalue weighted by atomic mass is 16.5. The Kier molecular flexibility index (Phi) is 15.0. The van der Waals surface area contributed by atoms with Gasteiger partial charge in [0.25, 0.3) is 0 Å². The molecule has 64 heavy (non-hydrogen) atoms. The van der Waals surface area contributed by atoms with Crippen LogP contribution in [0.1, 0.15) is 69.2 Å². The van der Waals surface area contributed by atoms with Crippen molar-refractivity contribution in [3.8, 4) is 0 Å². The molecule has 14 nitrogen and oxygen atoms in total. The van der Waals surface area contributed by atoms with Crippen molar-refractivity contribution in [1.29, 1.82) is 0 Å². The van der Waals surface area contributed by atoms with Gasteiger partial charge in [0, 0.05) is 56.3 Å². The Morgan fingerprint density at radius 1 is 0.672 bits per heavy atom. The molecule has 4 atom stereocenters. The predicted molar refractivity (Wildman–Crippen MR) is 246 cm³/mol. The minimum atomic E-state index is -0.856. The molecule has 14 heteroatoms. The lowest BCUT2D eigenvalue weighted by molar-refractivity contribution is -0.143. The fraction of sp³-hybridized carbons (Fsp3) is 0.420. The van der Waals surface area contributed by atoms with Crippen molar-refractivity contribution >= 4 is 46.8 Å². The number of benzene rings is 4. The predicted octanol–water partition coefficient (Wildman–Crippen LogP) is 6.60. The van der Waals surface area contributed by atoms with E-state index in [-0.39, 0.29) is 23.6 Å². The van der Waals surface area contributed by atoms with Gasteiger partial charge in [0.05, 0.1) is 20.3 Å². The van der Waals surface area contributed by atoms with E-state index in [9.17, 15) is 24.0 Å². The summed E-state index contributed by atoms with van der Waals surface area (Å²) in [7, 11) is 1.25. The van der Waals surface area contributed by atoms with Gasteiger partial charge in [-0.25, -0.2) is 4.79 Å². The van der Waals surface area contributed by atoms with Crippen molar-refractivity contribution in [2.24, 2.45) is 5.41 Å². The van der Waals surface area contributed by atoms with Gasteiger partial charge in [-0.1, -0.05) is 93.6 Å². The summed E-state index contributed by atoms with van der Waals surface area (Å²) < 4.78 is 10.4. The molecular weight excluding hydrogens is 811 g/mol. The summed E-state index contributed by atoms with van der Waals surface area (Å²) in [5, 5.41) is 8.76. The number of para-hydroxylation sites is 1. The maximum Gasteiger partial charge on any atom is 0.407 e. The molecule has 0 bridgehead atoms. The van der Waals surface area contributed by atoms with E-state index < -0.39 is 35.7 Å². The third-order valence-corrected chi connectivity index (χ3v) is 12.3. The number of amides is 5. The number of nitrogens with zero attached hydrogens (tertiary/aromatic N) is 4. The molecule has 4 unspecified atom stereocenters. The normalized spacial score (nSPS) is 18.8. The highest BCUT2D eigenvalue weighted by molar-refractivity contribution is 5.99. The number of likely N-dealkylation sites (tertiary alicyclic amines) is 2. The van der Waals surface area contributed by atoms with Crippen LogP contribution in [-0.2, 0) is 41.7 Å². The maximum atomic E-state index is 14.2. The van der Waals surface area contributed by atoms with Gasteiger partial charge < -0.3 is 40.1 Å². The van der Waals surface area contributed by atoms with Gasteiger partial charge in [0.15, 0.2) is 0 Å². The first kappa shape index (κ1) is 45.8. The van der Waals surface area contributed by atoms with Crippen molar-refractivity contribution in [1.82, 2.24) is 20.0 Å². The van der Waals surface area contributed by atoms with E-state index in [2.05, 4.69) is 37.9 Å². The van der Waals surface area contributed by atoms with E-state index in [1.54, 1.807) is 9.80 Å². The van der Waals surface area contributed by atoms with Crippen LogP contribution in [0.5, 0.6) is 0 Å². The second kappa shape index (κ2) is 21.0. The topological polar surface area (TPSA) is 153 Å². The Hall–Kier alpha value is -6.25. The van der Waals surface area contributed by atoms with Crippen LogP contribution >= 0.6 is 0 Å². The Labute approximate surface area is 376 Å². The van der Waals surface area contributed by atoms with Crippen LogP contribution in [0.25, 0.3) is 0 Å². The van der Waals surface area contributed by atoms with Gasteiger partial charge in [-0.3, -0.25) is 24.1 Å². The summed E-state index contributed by atoms with van der Waals surface area (Å²) in [6.45, 7) is 10.2. The van der Waals surface area contributed by atoms with Crippen LogP contribution in [0, 0.1) is 5.41 Å². The summed E-state index contributed by atoms with van der Waals surface area (Å²) in [4.78, 5) is 75.1. The van der Waals surface area contributed by atoms with E-state index in [4.69, 9.17) is 9.47 Å². The molecule has 0 aromatic heterocycles.